The second-order valence-electron chi connectivity index (χ2n) is 3.37. The minimum atomic E-state index is -0.341. The zero-order valence-electron chi connectivity index (χ0n) is 7.90. The molecule has 1 atom stereocenters. The highest BCUT2D eigenvalue weighted by Crippen LogP contribution is 2.17. The summed E-state index contributed by atoms with van der Waals surface area (Å²) in [5.74, 6) is 6.05. The molecule has 1 aliphatic carbocycles. The summed E-state index contributed by atoms with van der Waals surface area (Å²) in [4.78, 5) is 0. The third kappa shape index (κ3) is 2.04. The lowest BCUT2D eigenvalue weighted by molar-refractivity contribution is 0.216. The van der Waals surface area contributed by atoms with E-state index in [1.807, 2.05) is 36.4 Å². The van der Waals surface area contributed by atoms with E-state index in [2.05, 4.69) is 11.8 Å². The molecule has 1 aromatic rings. The number of aliphatic hydroxyl groups is 1. The Balaban J connectivity index is 2.15. The van der Waals surface area contributed by atoms with E-state index in [1.54, 1.807) is 0 Å². The Morgan fingerprint density at radius 2 is 1.93 bits per heavy atom. The van der Waals surface area contributed by atoms with Gasteiger partial charge < -0.3 is 5.11 Å². The van der Waals surface area contributed by atoms with Gasteiger partial charge in [0.2, 0.25) is 0 Å². The van der Waals surface area contributed by atoms with Crippen LogP contribution < -0.4 is 0 Å². The van der Waals surface area contributed by atoms with Crippen LogP contribution in [0.25, 0.3) is 0 Å². The van der Waals surface area contributed by atoms with Gasteiger partial charge in [0.05, 0.1) is 6.10 Å². The number of allylic oxidation sites excluding steroid dienone is 1. The molecule has 0 bridgehead atoms. The maximum atomic E-state index is 9.50. The summed E-state index contributed by atoms with van der Waals surface area (Å²) in [5, 5.41) is 9.50. The van der Waals surface area contributed by atoms with Crippen molar-refractivity contribution in [3.05, 3.63) is 47.5 Å². The van der Waals surface area contributed by atoms with Crippen molar-refractivity contribution in [3.63, 3.8) is 0 Å². The lowest BCUT2D eigenvalue weighted by Gasteiger charge is -1.98. The van der Waals surface area contributed by atoms with Crippen molar-refractivity contribution in [1.29, 1.82) is 0 Å². The Morgan fingerprint density at radius 3 is 2.57 bits per heavy atom. The van der Waals surface area contributed by atoms with E-state index in [0.29, 0.717) is 0 Å². The Morgan fingerprint density at radius 1 is 1.14 bits per heavy atom. The van der Waals surface area contributed by atoms with E-state index in [9.17, 15) is 5.11 Å². The number of benzene rings is 1. The first kappa shape index (κ1) is 9.05. The van der Waals surface area contributed by atoms with Crippen LogP contribution in [-0.2, 0) is 0 Å². The lowest BCUT2D eigenvalue weighted by atomic mass is 10.1. The van der Waals surface area contributed by atoms with Gasteiger partial charge in [0, 0.05) is 11.1 Å². The van der Waals surface area contributed by atoms with Crippen LogP contribution in [0.4, 0.5) is 0 Å². The summed E-state index contributed by atoms with van der Waals surface area (Å²) in [7, 11) is 0. The fourth-order valence-electron chi connectivity index (χ4n) is 1.49. The van der Waals surface area contributed by atoms with Crippen LogP contribution in [0.15, 0.2) is 42.0 Å². The highest BCUT2D eigenvalue weighted by molar-refractivity contribution is 5.42. The van der Waals surface area contributed by atoms with E-state index in [0.717, 1.165) is 24.0 Å². The molecule has 1 nitrogen and oxygen atoms in total. The van der Waals surface area contributed by atoms with Crippen LogP contribution in [0.3, 0.4) is 0 Å². The predicted molar refractivity (Wildman–Crippen MR) is 56.6 cm³/mol. The highest BCUT2D eigenvalue weighted by Gasteiger charge is 2.13. The highest BCUT2D eigenvalue weighted by atomic mass is 16.3. The molecule has 1 aromatic carbocycles. The van der Waals surface area contributed by atoms with E-state index in [1.165, 1.54) is 0 Å². The van der Waals surface area contributed by atoms with Crippen LogP contribution in [0.5, 0.6) is 0 Å². The molecule has 2 rings (SSSR count). The molecule has 1 aliphatic rings. The molecule has 1 heteroatoms. The predicted octanol–water partition coefficient (Wildman–Crippen LogP) is 2.12. The SMILES string of the molecule is OC1CCC=C1C#Cc1ccccc1. The fraction of sp³-hybridized carbons (Fsp3) is 0.231. The molecular weight excluding hydrogens is 172 g/mol. The number of hydrogen-bond acceptors (Lipinski definition) is 1. The fourth-order valence-corrected chi connectivity index (χ4v) is 1.49. The molecule has 0 aromatic heterocycles. The summed E-state index contributed by atoms with van der Waals surface area (Å²) in [5.41, 5.74) is 1.86. The molecule has 1 unspecified atom stereocenters. The standard InChI is InChI=1S/C13H12O/c14-13-8-4-7-12(13)10-9-11-5-2-1-3-6-11/h1-3,5-7,13-14H,4,8H2. The maximum absolute atomic E-state index is 9.50. The molecule has 0 saturated heterocycles. The molecule has 0 aliphatic heterocycles. The summed E-state index contributed by atoms with van der Waals surface area (Å²) in [6.07, 6.45) is 3.44. The van der Waals surface area contributed by atoms with Crippen molar-refractivity contribution in [3.8, 4) is 11.8 Å². The molecular formula is C13H12O. The van der Waals surface area contributed by atoms with Gasteiger partial charge in [-0.05, 0) is 25.0 Å². The van der Waals surface area contributed by atoms with Gasteiger partial charge in [0.25, 0.3) is 0 Å². The first-order valence-electron chi connectivity index (χ1n) is 4.81. The van der Waals surface area contributed by atoms with Crippen molar-refractivity contribution in [1.82, 2.24) is 0 Å². The number of rotatable bonds is 0. The van der Waals surface area contributed by atoms with Gasteiger partial charge in [-0.1, -0.05) is 36.1 Å². The quantitative estimate of drug-likeness (QED) is 0.612. The normalized spacial score (nSPS) is 19.8. The molecule has 0 radical (unpaired) electrons. The summed E-state index contributed by atoms with van der Waals surface area (Å²) < 4.78 is 0. The molecule has 0 heterocycles. The van der Waals surface area contributed by atoms with Crippen molar-refractivity contribution in [2.45, 2.75) is 18.9 Å². The third-order valence-corrected chi connectivity index (χ3v) is 2.29. The molecule has 1 N–H and O–H groups in total. The first-order valence-corrected chi connectivity index (χ1v) is 4.81. The molecule has 0 spiro atoms. The van der Waals surface area contributed by atoms with Crippen LogP contribution in [-0.4, -0.2) is 11.2 Å². The molecule has 0 amide bonds. The second-order valence-corrected chi connectivity index (χ2v) is 3.37. The van der Waals surface area contributed by atoms with E-state index < -0.39 is 0 Å². The summed E-state index contributed by atoms with van der Waals surface area (Å²) in [6.45, 7) is 0. The average Bonchev–Trinajstić information content (AvgIpc) is 2.63. The van der Waals surface area contributed by atoms with Gasteiger partial charge in [-0.2, -0.15) is 0 Å². The van der Waals surface area contributed by atoms with Crippen LogP contribution in [0.2, 0.25) is 0 Å². The van der Waals surface area contributed by atoms with Crippen molar-refractivity contribution >= 4 is 0 Å². The zero-order valence-corrected chi connectivity index (χ0v) is 7.90. The van der Waals surface area contributed by atoms with E-state index in [-0.39, 0.29) is 6.10 Å². The van der Waals surface area contributed by atoms with Crippen LogP contribution >= 0.6 is 0 Å². The topological polar surface area (TPSA) is 20.2 Å². The average molecular weight is 184 g/mol. The lowest BCUT2D eigenvalue weighted by Crippen LogP contribution is -2.02. The molecule has 14 heavy (non-hydrogen) atoms. The number of aliphatic hydroxyl groups excluding tert-OH is 1. The largest absolute Gasteiger partial charge is 0.388 e. The molecule has 0 saturated carbocycles. The molecule has 0 fully saturated rings. The van der Waals surface area contributed by atoms with Gasteiger partial charge in [-0.15, -0.1) is 0 Å². The summed E-state index contributed by atoms with van der Waals surface area (Å²) in [6, 6.07) is 9.82. The summed E-state index contributed by atoms with van der Waals surface area (Å²) >= 11 is 0. The van der Waals surface area contributed by atoms with Gasteiger partial charge >= 0.3 is 0 Å². The Labute approximate surface area is 84.1 Å². The van der Waals surface area contributed by atoms with E-state index in [4.69, 9.17) is 0 Å². The zero-order chi connectivity index (χ0) is 9.80. The van der Waals surface area contributed by atoms with Gasteiger partial charge in [-0.3, -0.25) is 0 Å². The van der Waals surface area contributed by atoms with Gasteiger partial charge in [-0.25, -0.2) is 0 Å². The first-order chi connectivity index (χ1) is 6.86. The number of hydrogen-bond donors (Lipinski definition) is 1. The molecule has 70 valence electrons. The van der Waals surface area contributed by atoms with Crippen molar-refractivity contribution in [2.75, 3.05) is 0 Å². The Kier molecular flexibility index (Phi) is 2.67. The maximum Gasteiger partial charge on any atom is 0.0867 e. The van der Waals surface area contributed by atoms with Gasteiger partial charge in [0.1, 0.15) is 0 Å². The smallest absolute Gasteiger partial charge is 0.0867 e. The van der Waals surface area contributed by atoms with Crippen LogP contribution in [0.1, 0.15) is 18.4 Å². The Hall–Kier alpha value is -1.52. The minimum absolute atomic E-state index is 0.341. The second kappa shape index (κ2) is 4.13. The monoisotopic (exact) mass is 184 g/mol. The van der Waals surface area contributed by atoms with Crippen molar-refractivity contribution < 1.29 is 5.11 Å². The van der Waals surface area contributed by atoms with Crippen molar-refractivity contribution in [2.24, 2.45) is 0 Å². The Bertz CT molecular complexity index is 392. The minimum Gasteiger partial charge on any atom is -0.388 e. The van der Waals surface area contributed by atoms with Crippen LogP contribution in [0, 0.1) is 11.8 Å². The van der Waals surface area contributed by atoms with Gasteiger partial charge in [0.15, 0.2) is 0 Å². The third-order valence-electron chi connectivity index (χ3n) is 2.29. The van der Waals surface area contributed by atoms with E-state index >= 15 is 0 Å².